The Morgan fingerprint density at radius 2 is 1.46 bits per heavy atom. The molecule has 1 N–H and O–H groups in total. The maximum absolute atomic E-state index is 12.5. The van der Waals surface area contributed by atoms with Crippen molar-refractivity contribution < 1.29 is 28.8 Å². The molecule has 1 aromatic rings. The fraction of sp³-hybridized carbons (Fsp3) is 0.579. The summed E-state index contributed by atoms with van der Waals surface area (Å²) in [5.41, 5.74) is -1.42. The van der Waals surface area contributed by atoms with Gasteiger partial charge in [-0.15, -0.1) is 0 Å². The van der Waals surface area contributed by atoms with E-state index in [-0.39, 0.29) is 0 Å². The van der Waals surface area contributed by atoms with Gasteiger partial charge in [0, 0.05) is 0 Å². The van der Waals surface area contributed by atoms with Crippen LogP contribution >= 0.6 is 0 Å². The fourth-order valence-corrected chi connectivity index (χ4v) is 1.83. The highest BCUT2D eigenvalue weighted by molar-refractivity contribution is 5.82. The highest BCUT2D eigenvalue weighted by Crippen LogP contribution is 2.15. The van der Waals surface area contributed by atoms with Crippen LogP contribution in [0.4, 0.5) is 4.79 Å². The van der Waals surface area contributed by atoms with E-state index in [0.29, 0.717) is 5.75 Å². The molecule has 1 aromatic carbocycles. The van der Waals surface area contributed by atoms with E-state index in [2.05, 4.69) is 5.32 Å². The van der Waals surface area contributed by atoms with E-state index in [4.69, 9.17) is 19.2 Å². The van der Waals surface area contributed by atoms with E-state index in [9.17, 15) is 9.59 Å². The van der Waals surface area contributed by atoms with Gasteiger partial charge in [-0.25, -0.2) is 9.59 Å². The number of ether oxygens (including phenoxy) is 2. The molecule has 0 radical (unpaired) electrons. The van der Waals surface area contributed by atoms with Crippen molar-refractivity contribution in [2.24, 2.45) is 0 Å². The molecular formula is C19H29NO6. The van der Waals surface area contributed by atoms with Crippen molar-refractivity contribution in [3.63, 3.8) is 0 Å². The van der Waals surface area contributed by atoms with Crippen molar-refractivity contribution in [2.45, 2.75) is 71.8 Å². The second-order valence-corrected chi connectivity index (χ2v) is 7.86. The summed E-state index contributed by atoms with van der Waals surface area (Å²) in [6.07, 6.45) is -1.57. The number of amides is 1. The summed E-state index contributed by atoms with van der Waals surface area (Å²) >= 11 is 0. The molecule has 1 unspecified atom stereocenters. The van der Waals surface area contributed by atoms with Crippen molar-refractivity contribution in [2.75, 3.05) is 0 Å². The summed E-state index contributed by atoms with van der Waals surface area (Å²) in [5.74, 6) is -0.174. The Bertz CT molecular complexity index is 588. The minimum Gasteiger partial charge on any atom is -0.458 e. The normalized spacial score (nSPS) is 14.1. The number of esters is 1. The van der Waals surface area contributed by atoms with Crippen molar-refractivity contribution in [3.05, 3.63) is 30.3 Å². The molecule has 146 valence electrons. The number of nitrogens with one attached hydrogen (secondary N) is 1. The van der Waals surface area contributed by atoms with Gasteiger partial charge in [-0.2, -0.15) is 4.89 Å². The first-order chi connectivity index (χ1) is 11.9. The largest absolute Gasteiger partial charge is 0.458 e. The van der Waals surface area contributed by atoms with E-state index >= 15 is 0 Å². The van der Waals surface area contributed by atoms with E-state index < -0.39 is 35.4 Å². The lowest BCUT2D eigenvalue weighted by molar-refractivity contribution is -0.248. The van der Waals surface area contributed by atoms with E-state index in [1.165, 1.54) is 0 Å². The molecule has 26 heavy (non-hydrogen) atoms. The lowest BCUT2D eigenvalue weighted by atomic mass is 10.1. The van der Waals surface area contributed by atoms with Crippen LogP contribution < -0.4 is 10.2 Å². The zero-order chi connectivity index (χ0) is 20.0. The van der Waals surface area contributed by atoms with Crippen molar-refractivity contribution in [1.29, 1.82) is 0 Å². The van der Waals surface area contributed by atoms with Gasteiger partial charge in [0.1, 0.15) is 17.3 Å². The smallest absolute Gasteiger partial charge is 0.408 e. The molecule has 0 spiro atoms. The third-order valence-corrected chi connectivity index (χ3v) is 2.84. The Labute approximate surface area is 154 Å². The number of rotatable bonds is 6. The standard InChI is InChI=1S/C19H29NO6/c1-13(25-26-14-11-9-8-10-12-14)15(16(21)23-18(2,3)4)20-17(22)24-19(5,6)7/h8-13,15H,1-7H3,(H,20,22)/t13?,15-/m0/s1. The van der Waals surface area contributed by atoms with Crippen LogP contribution in [-0.2, 0) is 19.2 Å². The first kappa shape index (κ1) is 21.8. The topological polar surface area (TPSA) is 83.1 Å². The van der Waals surface area contributed by atoms with Gasteiger partial charge >= 0.3 is 12.1 Å². The molecule has 0 saturated heterocycles. The summed E-state index contributed by atoms with van der Waals surface area (Å²) in [4.78, 5) is 35.1. The molecule has 0 aliphatic carbocycles. The Kier molecular flexibility index (Phi) is 7.44. The quantitative estimate of drug-likeness (QED) is 0.470. The molecular weight excluding hydrogens is 338 g/mol. The molecule has 7 heteroatoms. The van der Waals surface area contributed by atoms with Crippen LogP contribution in [0, 0.1) is 0 Å². The SMILES string of the molecule is CC(OOc1ccccc1)[C@H](NC(=O)OC(C)(C)C)C(=O)OC(C)(C)C. The highest BCUT2D eigenvalue weighted by Gasteiger charge is 2.34. The Morgan fingerprint density at radius 3 is 1.96 bits per heavy atom. The molecule has 1 rings (SSSR count). The van der Waals surface area contributed by atoms with E-state index in [1.807, 2.05) is 6.07 Å². The summed E-state index contributed by atoms with van der Waals surface area (Å²) in [7, 11) is 0. The van der Waals surface area contributed by atoms with Gasteiger partial charge < -0.3 is 19.7 Å². The number of para-hydroxylation sites is 1. The van der Waals surface area contributed by atoms with Gasteiger partial charge in [0.05, 0.1) is 0 Å². The molecule has 2 atom stereocenters. The van der Waals surface area contributed by atoms with Crippen molar-refractivity contribution in [1.82, 2.24) is 5.32 Å². The van der Waals surface area contributed by atoms with Crippen LogP contribution in [0.25, 0.3) is 0 Å². The number of carbonyl (C=O) groups is 2. The molecule has 0 aliphatic heterocycles. The van der Waals surface area contributed by atoms with Crippen molar-refractivity contribution >= 4 is 12.1 Å². The van der Waals surface area contributed by atoms with Gasteiger partial charge in [0.2, 0.25) is 0 Å². The zero-order valence-electron chi connectivity index (χ0n) is 16.5. The molecule has 1 amide bonds. The van der Waals surface area contributed by atoms with Crippen LogP contribution in [0.5, 0.6) is 5.75 Å². The summed E-state index contributed by atoms with van der Waals surface area (Å²) in [6, 6.07) is 7.71. The molecule has 0 aromatic heterocycles. The predicted octanol–water partition coefficient (Wildman–Crippen LogP) is 3.62. The van der Waals surface area contributed by atoms with Gasteiger partial charge in [-0.05, 0) is 60.6 Å². The Hall–Kier alpha value is -2.28. The maximum Gasteiger partial charge on any atom is 0.408 e. The van der Waals surface area contributed by atoms with Gasteiger partial charge in [0.15, 0.2) is 11.8 Å². The Morgan fingerprint density at radius 1 is 0.923 bits per heavy atom. The lowest BCUT2D eigenvalue weighted by Crippen LogP contribution is -2.52. The second kappa shape index (κ2) is 8.89. The minimum atomic E-state index is -1.10. The second-order valence-electron chi connectivity index (χ2n) is 7.86. The molecule has 7 nitrogen and oxygen atoms in total. The number of alkyl carbamates (subject to hydrolysis) is 1. The number of carbonyl (C=O) groups excluding carboxylic acids is 2. The molecule has 0 aliphatic rings. The monoisotopic (exact) mass is 367 g/mol. The maximum atomic E-state index is 12.5. The number of benzene rings is 1. The van der Waals surface area contributed by atoms with Crippen LogP contribution in [0.2, 0.25) is 0 Å². The molecule has 0 fully saturated rings. The van der Waals surface area contributed by atoms with Gasteiger partial charge in [-0.1, -0.05) is 18.2 Å². The zero-order valence-corrected chi connectivity index (χ0v) is 16.5. The first-order valence-electron chi connectivity index (χ1n) is 8.48. The average Bonchev–Trinajstić information content (AvgIpc) is 2.47. The third-order valence-electron chi connectivity index (χ3n) is 2.84. The fourth-order valence-electron chi connectivity index (χ4n) is 1.83. The predicted molar refractivity (Wildman–Crippen MR) is 96.6 cm³/mol. The van der Waals surface area contributed by atoms with Crippen LogP contribution in [0.15, 0.2) is 30.3 Å². The molecule has 0 saturated carbocycles. The lowest BCUT2D eigenvalue weighted by Gasteiger charge is -2.28. The molecule has 0 heterocycles. The van der Waals surface area contributed by atoms with Gasteiger partial charge in [0.25, 0.3) is 0 Å². The van der Waals surface area contributed by atoms with Crippen LogP contribution in [0.1, 0.15) is 48.5 Å². The summed E-state index contributed by atoms with van der Waals surface area (Å²) in [6.45, 7) is 12.0. The van der Waals surface area contributed by atoms with E-state index in [1.54, 1.807) is 72.7 Å². The molecule has 0 bridgehead atoms. The summed E-state index contributed by atoms with van der Waals surface area (Å²) < 4.78 is 10.6. The summed E-state index contributed by atoms with van der Waals surface area (Å²) in [5, 5.41) is 2.49. The van der Waals surface area contributed by atoms with Gasteiger partial charge in [-0.3, -0.25) is 0 Å². The highest BCUT2D eigenvalue weighted by atomic mass is 17.2. The number of hydrogen-bond donors (Lipinski definition) is 1. The van der Waals surface area contributed by atoms with E-state index in [0.717, 1.165) is 0 Å². The van der Waals surface area contributed by atoms with Crippen molar-refractivity contribution in [3.8, 4) is 5.75 Å². The first-order valence-corrected chi connectivity index (χ1v) is 8.48. The Balaban J connectivity index is 2.81. The number of hydrogen-bond acceptors (Lipinski definition) is 6. The minimum absolute atomic E-state index is 0.472. The van der Waals surface area contributed by atoms with Crippen LogP contribution in [-0.4, -0.2) is 35.4 Å². The third kappa shape index (κ3) is 8.71. The average molecular weight is 367 g/mol. The van der Waals surface area contributed by atoms with Crippen LogP contribution in [0.3, 0.4) is 0 Å².